The number of benzene rings is 1. The normalized spacial score (nSPS) is 36.8. The molecule has 13 heteroatoms. The van der Waals surface area contributed by atoms with Gasteiger partial charge in [-0.2, -0.15) is 0 Å². The van der Waals surface area contributed by atoms with Crippen LogP contribution in [0.3, 0.4) is 0 Å². The van der Waals surface area contributed by atoms with Crippen LogP contribution in [-0.2, 0) is 40.4 Å². The summed E-state index contributed by atoms with van der Waals surface area (Å²) in [7, 11) is 5.87. The summed E-state index contributed by atoms with van der Waals surface area (Å²) in [6.45, 7) is 9.52. The molecule has 1 aromatic heterocycles. The first-order valence-electron chi connectivity index (χ1n) is 21.1. The average Bonchev–Trinajstić information content (AvgIpc) is 3.91. The Labute approximate surface area is 341 Å². The predicted octanol–water partition coefficient (Wildman–Crippen LogP) is 3.43. The Morgan fingerprint density at radius 2 is 1.78 bits per heavy atom. The molecular formula is C45H62N4O9. The van der Waals surface area contributed by atoms with Crippen molar-refractivity contribution in [2.45, 2.75) is 100 Å². The number of aliphatic hydroxyl groups is 3. The van der Waals surface area contributed by atoms with Crippen LogP contribution in [0.5, 0.6) is 0 Å². The van der Waals surface area contributed by atoms with E-state index in [4.69, 9.17) is 18.9 Å². The number of allylic oxidation sites excluding steroid dienone is 1. The van der Waals surface area contributed by atoms with Gasteiger partial charge in [0.05, 0.1) is 32.0 Å². The number of aromatic amines is 1. The molecule has 0 amide bonds. The fraction of sp³-hybridized carbons (Fsp3) is 0.644. The molecule has 4 N–H and O–H groups in total. The number of hydrogen-bond donors (Lipinski definition) is 4. The van der Waals surface area contributed by atoms with E-state index in [1.165, 1.54) is 14.2 Å². The van der Waals surface area contributed by atoms with Crippen molar-refractivity contribution >= 4 is 22.8 Å². The Morgan fingerprint density at radius 1 is 1.00 bits per heavy atom. The van der Waals surface area contributed by atoms with Crippen LogP contribution in [0.25, 0.3) is 10.9 Å². The van der Waals surface area contributed by atoms with E-state index in [1.54, 1.807) is 14.2 Å². The van der Waals surface area contributed by atoms with Gasteiger partial charge in [0.25, 0.3) is 0 Å². The minimum atomic E-state index is -2.34. The zero-order chi connectivity index (χ0) is 41.4. The summed E-state index contributed by atoms with van der Waals surface area (Å²) in [6.07, 6.45) is 10.1. The number of para-hydroxylation sites is 1. The molecule has 2 aliphatic carbocycles. The third-order valence-corrected chi connectivity index (χ3v) is 15.4. The van der Waals surface area contributed by atoms with Crippen molar-refractivity contribution in [3.8, 4) is 0 Å². The number of hydrogen-bond acceptors (Lipinski definition) is 12. The second-order valence-electron chi connectivity index (χ2n) is 17.8. The molecule has 2 unspecified atom stereocenters. The minimum absolute atomic E-state index is 0.0223. The molecule has 58 heavy (non-hydrogen) atoms. The van der Waals surface area contributed by atoms with E-state index >= 15 is 0 Å². The monoisotopic (exact) mass is 802 g/mol. The van der Waals surface area contributed by atoms with Gasteiger partial charge in [-0.1, -0.05) is 50.3 Å². The molecule has 3 saturated heterocycles. The largest absolute Gasteiger partial charge is 0.468 e. The molecule has 0 bridgehead atoms. The summed E-state index contributed by atoms with van der Waals surface area (Å²) in [5.41, 5.74) is -1.97. The van der Waals surface area contributed by atoms with Crippen LogP contribution in [0.1, 0.15) is 64.1 Å². The fourth-order valence-corrected chi connectivity index (χ4v) is 12.7. The number of carbonyl (C=O) groups is 2. The topological polar surface area (TPSA) is 157 Å². The van der Waals surface area contributed by atoms with Crippen molar-refractivity contribution in [3.63, 3.8) is 0 Å². The Bertz CT molecular complexity index is 2030. The van der Waals surface area contributed by atoms with Gasteiger partial charge in [0, 0.05) is 78.9 Å². The maximum absolute atomic E-state index is 14.8. The van der Waals surface area contributed by atoms with E-state index in [-0.39, 0.29) is 12.8 Å². The van der Waals surface area contributed by atoms with Crippen molar-refractivity contribution in [1.29, 1.82) is 0 Å². The van der Waals surface area contributed by atoms with E-state index in [0.717, 1.165) is 52.8 Å². The molecule has 1 aromatic carbocycles. The lowest BCUT2D eigenvalue weighted by Gasteiger charge is -2.63. The van der Waals surface area contributed by atoms with E-state index in [1.807, 2.05) is 62.1 Å². The van der Waals surface area contributed by atoms with Crippen LogP contribution >= 0.6 is 0 Å². The van der Waals surface area contributed by atoms with Crippen molar-refractivity contribution in [2.75, 3.05) is 67.9 Å². The van der Waals surface area contributed by atoms with Gasteiger partial charge in [-0.05, 0) is 81.8 Å². The van der Waals surface area contributed by atoms with E-state index in [0.29, 0.717) is 51.9 Å². The smallest absolute Gasteiger partial charge is 0.342 e. The van der Waals surface area contributed by atoms with Crippen LogP contribution in [0, 0.1) is 16.7 Å². The molecule has 8 rings (SSSR count). The molecule has 6 aliphatic rings. The van der Waals surface area contributed by atoms with Crippen molar-refractivity contribution in [3.05, 3.63) is 71.1 Å². The first kappa shape index (κ1) is 41.2. The number of esters is 2. The van der Waals surface area contributed by atoms with Crippen molar-refractivity contribution < 1.29 is 43.9 Å². The number of nitrogens with zero attached hydrogens (tertiary/aromatic N) is 3. The van der Waals surface area contributed by atoms with Crippen LogP contribution in [-0.4, -0.2) is 150 Å². The maximum Gasteiger partial charge on any atom is 0.342 e. The third kappa shape index (κ3) is 5.53. The van der Waals surface area contributed by atoms with Gasteiger partial charge >= 0.3 is 11.9 Å². The number of aromatic nitrogens is 1. The highest BCUT2D eigenvalue weighted by Gasteiger charge is 2.80. The van der Waals surface area contributed by atoms with Crippen LogP contribution in [0.15, 0.2) is 59.8 Å². The first-order valence-corrected chi connectivity index (χ1v) is 21.1. The Kier molecular flexibility index (Phi) is 10.6. The third-order valence-electron chi connectivity index (χ3n) is 15.4. The summed E-state index contributed by atoms with van der Waals surface area (Å²) in [4.78, 5) is 39.2. The second kappa shape index (κ2) is 14.9. The highest BCUT2D eigenvalue weighted by atomic mass is 16.5. The number of H-pyrrole nitrogens is 1. The van der Waals surface area contributed by atoms with Gasteiger partial charge < -0.3 is 49.1 Å². The van der Waals surface area contributed by atoms with E-state index in [2.05, 4.69) is 26.9 Å². The molecule has 5 heterocycles. The van der Waals surface area contributed by atoms with Gasteiger partial charge in [0.1, 0.15) is 18.2 Å². The number of aliphatic hydroxyl groups excluding tert-OH is 1. The number of carbonyl (C=O) groups excluding carboxylic acids is 2. The number of nitrogens with one attached hydrogen (secondary N) is 1. The molecule has 0 radical (unpaired) electrons. The summed E-state index contributed by atoms with van der Waals surface area (Å²) in [5, 5.41) is 37.7. The molecular weight excluding hydrogens is 741 g/mol. The molecule has 4 fully saturated rings. The van der Waals surface area contributed by atoms with Gasteiger partial charge in [-0.15, -0.1) is 0 Å². The summed E-state index contributed by atoms with van der Waals surface area (Å²) in [6, 6.07) is 6.85. The highest BCUT2D eigenvalue weighted by Crippen LogP contribution is 2.70. The number of ether oxygens (including phenoxy) is 4. The van der Waals surface area contributed by atoms with Gasteiger partial charge in [0.15, 0.2) is 0 Å². The summed E-state index contributed by atoms with van der Waals surface area (Å²) in [5.74, 6) is -1.94. The predicted molar refractivity (Wildman–Crippen MR) is 217 cm³/mol. The minimum Gasteiger partial charge on any atom is -0.468 e. The lowest BCUT2D eigenvalue weighted by Crippen LogP contribution is -2.79. The van der Waals surface area contributed by atoms with Crippen LogP contribution < -0.4 is 0 Å². The van der Waals surface area contributed by atoms with Crippen molar-refractivity contribution in [2.24, 2.45) is 16.7 Å². The zero-order valence-corrected chi connectivity index (χ0v) is 35.1. The second-order valence-corrected chi connectivity index (χ2v) is 17.8. The van der Waals surface area contributed by atoms with Crippen molar-refractivity contribution in [1.82, 2.24) is 19.7 Å². The number of rotatable bonds is 12. The van der Waals surface area contributed by atoms with E-state index in [9.17, 15) is 24.9 Å². The molecule has 10 atom stereocenters. The molecule has 2 aromatic rings. The number of likely N-dealkylation sites (tertiary alicyclic amines) is 2. The molecule has 1 spiro atoms. The fourth-order valence-electron chi connectivity index (χ4n) is 12.7. The number of β-amino-alcohol motifs (C(OH)–C–C–N with tert-alkyl or cyclic N) is 1. The lowest BCUT2D eigenvalue weighted by molar-refractivity contribution is -0.240. The Morgan fingerprint density at radius 3 is 2.47 bits per heavy atom. The number of methoxy groups -OCH3 is 4. The number of fused-ring (bicyclic) bond motifs is 2. The Balaban J connectivity index is 1.33. The molecule has 316 valence electrons. The summed E-state index contributed by atoms with van der Waals surface area (Å²) >= 11 is 0. The molecule has 4 aliphatic heterocycles. The highest BCUT2D eigenvalue weighted by molar-refractivity contribution is 5.91. The molecule has 13 nitrogen and oxygen atoms in total. The van der Waals surface area contributed by atoms with Gasteiger partial charge in [-0.3, -0.25) is 9.69 Å². The first-order chi connectivity index (χ1) is 27.8. The molecule has 1 saturated carbocycles. The van der Waals surface area contributed by atoms with Crippen LogP contribution in [0.2, 0.25) is 0 Å². The summed E-state index contributed by atoms with van der Waals surface area (Å²) < 4.78 is 23.3. The maximum atomic E-state index is 14.8. The standard InChI is InChI=1S/C45H62N4O9/c1-8-42(53)17-12-20-47(26-42)22-16-29-28-14-10-11-15-32(28)46-35(29)41(3,39(51)57-6)31-24-30-33(25-34(31)56-5)49(27-55-4)37-44(30)19-23-48-21-13-18-43(9-2,36(44)48)38(50)45(37,54)40(52)58-7/h10-11,13-15,18,24-25,31,34,36-38,46,50,53-54H,8-9,12,16-17,19-23,26-27H2,1-7H3/t31?,34?,36-,37+,38+,41-,42-,43+,44+,45-/m0/s1. The quantitative estimate of drug-likeness (QED) is 0.184. The number of piperidine rings is 1. The SMILES string of the molecule is CC[C@]1(O)CCCN(CCc2c([C@@](C)(C(=O)OC)C3C=C4C(=CC3OC)N(COC)[C@H]3[C@@](O)(C(=O)OC)[C@H](O)[C@]5(CC)C=CCN6CC[C@]43[C@@H]65)[nH]c3ccccc23)C1. The Hall–Kier alpha value is -3.56. The van der Waals surface area contributed by atoms with Gasteiger partial charge in [-0.25, -0.2) is 4.79 Å². The van der Waals surface area contributed by atoms with Gasteiger partial charge in [0.2, 0.25) is 5.60 Å². The van der Waals surface area contributed by atoms with Crippen LogP contribution in [0.4, 0.5) is 0 Å². The average molecular weight is 803 g/mol. The van der Waals surface area contributed by atoms with E-state index < -0.39 is 63.6 Å². The lowest BCUT2D eigenvalue weighted by atomic mass is 9.47. The zero-order valence-electron chi connectivity index (χ0n) is 35.1.